The Bertz CT molecular complexity index is 638. The van der Waals surface area contributed by atoms with E-state index in [1.807, 2.05) is 74.3 Å². The van der Waals surface area contributed by atoms with Crippen LogP contribution in [0.5, 0.6) is 5.75 Å². The van der Waals surface area contributed by atoms with E-state index in [4.69, 9.17) is 4.74 Å². The Hall–Kier alpha value is -2.49. The molecule has 0 aliphatic heterocycles. The minimum Gasteiger partial charge on any atom is -0.493 e. The zero-order valence-electron chi connectivity index (χ0n) is 14.0. The number of para-hydroxylation sites is 1. The number of aryl methyl sites for hydroxylation is 2. The lowest BCUT2D eigenvalue weighted by Gasteiger charge is -2.24. The minimum absolute atomic E-state index is 0.0546. The fraction of sp³-hybridized carbons (Fsp3) is 0.316. The highest BCUT2D eigenvalue weighted by atomic mass is 16.5. The molecule has 122 valence electrons. The maximum absolute atomic E-state index is 12.1. The van der Waals surface area contributed by atoms with Crippen LogP contribution in [0.3, 0.4) is 0 Å². The van der Waals surface area contributed by atoms with E-state index in [2.05, 4.69) is 5.43 Å². The predicted molar refractivity (Wildman–Crippen MR) is 93.6 cm³/mol. The Kier molecular flexibility index (Phi) is 6.03. The van der Waals surface area contributed by atoms with Gasteiger partial charge in [-0.15, -0.1) is 0 Å². The van der Waals surface area contributed by atoms with E-state index in [0.717, 1.165) is 17.0 Å². The topological polar surface area (TPSA) is 41.6 Å². The number of amides is 1. The zero-order chi connectivity index (χ0) is 16.7. The van der Waals surface area contributed by atoms with E-state index >= 15 is 0 Å². The van der Waals surface area contributed by atoms with E-state index < -0.39 is 0 Å². The van der Waals surface area contributed by atoms with Crippen LogP contribution in [0.25, 0.3) is 0 Å². The lowest BCUT2D eigenvalue weighted by atomic mass is 10.2. The molecule has 2 rings (SSSR count). The first-order chi connectivity index (χ1) is 11.1. The quantitative estimate of drug-likeness (QED) is 0.794. The van der Waals surface area contributed by atoms with Crippen LogP contribution >= 0.6 is 0 Å². The zero-order valence-corrected chi connectivity index (χ0v) is 14.0. The monoisotopic (exact) mass is 312 g/mol. The van der Waals surface area contributed by atoms with Crippen LogP contribution in [-0.4, -0.2) is 19.1 Å². The highest BCUT2D eigenvalue weighted by Crippen LogP contribution is 2.16. The summed E-state index contributed by atoms with van der Waals surface area (Å²) in [5.41, 5.74) is 6.16. The van der Waals surface area contributed by atoms with E-state index in [1.165, 1.54) is 5.56 Å². The van der Waals surface area contributed by atoms with Gasteiger partial charge in [0.1, 0.15) is 5.75 Å². The van der Waals surface area contributed by atoms with Gasteiger partial charge in [-0.1, -0.05) is 35.9 Å². The third kappa shape index (κ3) is 5.02. The van der Waals surface area contributed by atoms with Crippen LogP contribution in [0.4, 0.5) is 5.69 Å². The molecule has 0 fully saturated rings. The van der Waals surface area contributed by atoms with Crippen molar-refractivity contribution in [2.45, 2.75) is 27.2 Å². The third-order valence-electron chi connectivity index (χ3n) is 3.60. The lowest BCUT2D eigenvalue weighted by molar-refractivity contribution is -0.121. The summed E-state index contributed by atoms with van der Waals surface area (Å²) in [6, 6.07) is 15.9. The van der Waals surface area contributed by atoms with Gasteiger partial charge in [0, 0.05) is 6.54 Å². The molecule has 0 saturated carbocycles. The first-order valence-electron chi connectivity index (χ1n) is 7.92. The standard InChI is InChI=1S/C19H24N2O2/c1-4-21(17-11-9-15(2)10-12-17)20-19(22)13-14-23-18-8-6-5-7-16(18)3/h5-12H,4,13-14H2,1-3H3,(H,20,22). The Balaban J connectivity index is 1.83. The van der Waals surface area contributed by atoms with E-state index in [-0.39, 0.29) is 5.91 Å². The molecule has 2 aromatic carbocycles. The van der Waals surface area contributed by atoms with Crippen molar-refractivity contribution in [3.63, 3.8) is 0 Å². The van der Waals surface area contributed by atoms with Crippen molar-refractivity contribution in [2.24, 2.45) is 0 Å². The number of hydrogen-bond donors (Lipinski definition) is 1. The van der Waals surface area contributed by atoms with Gasteiger partial charge < -0.3 is 4.74 Å². The van der Waals surface area contributed by atoms with Gasteiger partial charge in [-0.25, -0.2) is 0 Å². The lowest BCUT2D eigenvalue weighted by Crippen LogP contribution is -2.42. The molecular weight excluding hydrogens is 288 g/mol. The highest BCUT2D eigenvalue weighted by Gasteiger charge is 2.09. The first kappa shape index (κ1) is 16.9. The summed E-state index contributed by atoms with van der Waals surface area (Å²) in [4.78, 5) is 12.1. The summed E-state index contributed by atoms with van der Waals surface area (Å²) in [6.45, 7) is 7.10. The number of ether oxygens (including phenoxy) is 1. The van der Waals surface area contributed by atoms with Crippen molar-refractivity contribution in [2.75, 3.05) is 18.2 Å². The van der Waals surface area contributed by atoms with Crippen LogP contribution in [-0.2, 0) is 4.79 Å². The van der Waals surface area contributed by atoms with Crippen LogP contribution in [0, 0.1) is 13.8 Å². The number of benzene rings is 2. The van der Waals surface area contributed by atoms with Gasteiger partial charge in [0.2, 0.25) is 5.91 Å². The predicted octanol–water partition coefficient (Wildman–Crippen LogP) is 3.63. The molecule has 0 radical (unpaired) electrons. The molecule has 23 heavy (non-hydrogen) atoms. The van der Waals surface area contributed by atoms with Crippen molar-refractivity contribution in [1.29, 1.82) is 0 Å². The molecule has 0 aliphatic rings. The fourth-order valence-corrected chi connectivity index (χ4v) is 2.23. The molecule has 4 nitrogen and oxygen atoms in total. The first-order valence-corrected chi connectivity index (χ1v) is 7.92. The summed E-state index contributed by atoms with van der Waals surface area (Å²) < 4.78 is 5.66. The van der Waals surface area contributed by atoms with E-state index in [1.54, 1.807) is 0 Å². The fourth-order valence-electron chi connectivity index (χ4n) is 2.23. The third-order valence-corrected chi connectivity index (χ3v) is 3.60. The molecule has 4 heteroatoms. The molecule has 0 heterocycles. The molecule has 1 N–H and O–H groups in total. The van der Waals surface area contributed by atoms with Crippen molar-refractivity contribution >= 4 is 11.6 Å². The van der Waals surface area contributed by atoms with Crippen LogP contribution in [0.2, 0.25) is 0 Å². The minimum atomic E-state index is -0.0546. The van der Waals surface area contributed by atoms with E-state index in [9.17, 15) is 4.79 Å². The van der Waals surface area contributed by atoms with Crippen LogP contribution < -0.4 is 15.2 Å². The molecule has 0 unspecified atom stereocenters. The van der Waals surface area contributed by atoms with Crippen molar-refractivity contribution in [3.05, 3.63) is 59.7 Å². The SMILES string of the molecule is CCN(NC(=O)CCOc1ccccc1C)c1ccc(C)cc1. The highest BCUT2D eigenvalue weighted by molar-refractivity contribution is 5.78. The van der Waals surface area contributed by atoms with Gasteiger partial charge in [-0.05, 0) is 44.5 Å². The second-order valence-electron chi connectivity index (χ2n) is 5.48. The maximum atomic E-state index is 12.1. The number of carbonyl (C=O) groups excluding carboxylic acids is 1. The van der Waals surface area contributed by atoms with Gasteiger partial charge in [0.15, 0.2) is 0 Å². The normalized spacial score (nSPS) is 10.2. The Morgan fingerprint density at radius 2 is 1.78 bits per heavy atom. The Morgan fingerprint density at radius 1 is 1.09 bits per heavy atom. The molecule has 0 aromatic heterocycles. The van der Waals surface area contributed by atoms with Crippen molar-refractivity contribution in [3.8, 4) is 5.75 Å². The van der Waals surface area contributed by atoms with Gasteiger partial charge in [-0.3, -0.25) is 15.2 Å². The van der Waals surface area contributed by atoms with E-state index in [0.29, 0.717) is 19.6 Å². The summed E-state index contributed by atoms with van der Waals surface area (Å²) in [7, 11) is 0. The average Bonchev–Trinajstić information content (AvgIpc) is 2.55. The summed E-state index contributed by atoms with van der Waals surface area (Å²) in [5.74, 6) is 0.771. The number of hydrazine groups is 1. The van der Waals surface area contributed by atoms with Gasteiger partial charge in [0.05, 0.1) is 18.7 Å². The molecule has 2 aromatic rings. The van der Waals surface area contributed by atoms with Gasteiger partial charge >= 0.3 is 0 Å². The smallest absolute Gasteiger partial charge is 0.241 e. The molecule has 0 saturated heterocycles. The largest absolute Gasteiger partial charge is 0.493 e. The number of carbonyl (C=O) groups is 1. The molecule has 1 amide bonds. The summed E-state index contributed by atoms with van der Waals surface area (Å²) >= 11 is 0. The Labute approximate surface area is 138 Å². The molecule has 0 atom stereocenters. The second-order valence-corrected chi connectivity index (χ2v) is 5.48. The molecule has 0 aliphatic carbocycles. The number of nitrogens with zero attached hydrogens (tertiary/aromatic N) is 1. The van der Waals surface area contributed by atoms with Crippen molar-refractivity contribution in [1.82, 2.24) is 5.43 Å². The Morgan fingerprint density at radius 3 is 2.43 bits per heavy atom. The summed E-state index contributed by atoms with van der Waals surface area (Å²) in [5, 5.41) is 1.84. The second kappa shape index (κ2) is 8.22. The summed E-state index contributed by atoms with van der Waals surface area (Å²) in [6.07, 6.45) is 0.316. The maximum Gasteiger partial charge on any atom is 0.241 e. The van der Waals surface area contributed by atoms with Crippen LogP contribution in [0.15, 0.2) is 48.5 Å². The number of anilines is 1. The van der Waals surface area contributed by atoms with Crippen LogP contribution in [0.1, 0.15) is 24.5 Å². The number of rotatable bonds is 7. The number of nitrogens with one attached hydrogen (secondary N) is 1. The average molecular weight is 312 g/mol. The molecule has 0 spiro atoms. The molecule has 0 bridgehead atoms. The van der Waals surface area contributed by atoms with Gasteiger partial charge in [0.25, 0.3) is 0 Å². The molecular formula is C19H24N2O2. The number of hydrogen-bond acceptors (Lipinski definition) is 3. The van der Waals surface area contributed by atoms with Crippen molar-refractivity contribution < 1.29 is 9.53 Å². The van der Waals surface area contributed by atoms with Gasteiger partial charge in [-0.2, -0.15) is 0 Å².